The Morgan fingerprint density at radius 3 is 2.35 bits per heavy atom. The number of Topliss-reactive ketones (excluding diaryl/α,β-unsaturated/α-hetero) is 1. The van der Waals surface area contributed by atoms with E-state index >= 15 is 0 Å². The normalized spacial score (nSPS) is 41.2. The van der Waals surface area contributed by atoms with Crippen LogP contribution in [0.25, 0.3) is 0 Å². The number of hydrogen-bond acceptors (Lipinski definition) is 7. The van der Waals surface area contributed by atoms with Gasteiger partial charge in [0.1, 0.15) is 11.9 Å². The van der Waals surface area contributed by atoms with E-state index in [1.807, 2.05) is 25.1 Å². The number of esters is 2. The highest BCUT2D eigenvalue weighted by Crippen LogP contribution is 2.68. The Kier molecular flexibility index (Phi) is 9.47. The smallest absolute Gasteiger partial charge is 0.305 e. The first-order chi connectivity index (χ1) is 24.6. The summed E-state index contributed by atoms with van der Waals surface area (Å²) in [6.07, 6.45) is 16.6. The average Bonchev–Trinajstić information content (AvgIpc) is 3.59. The van der Waals surface area contributed by atoms with Crippen LogP contribution in [-0.4, -0.2) is 40.3 Å². The number of fused-ring (bicyclic) bond motifs is 10. The Bertz CT molecular complexity index is 1720. The fourth-order valence-electron chi connectivity index (χ4n) is 13.4. The van der Waals surface area contributed by atoms with E-state index in [1.54, 1.807) is 6.92 Å². The molecular formula is C45H60O7. The zero-order chi connectivity index (χ0) is 37.4. The number of ether oxygens (including phenoxy) is 2. The number of ketones is 2. The highest BCUT2D eigenvalue weighted by Gasteiger charge is 2.67. The Morgan fingerprint density at radius 2 is 1.63 bits per heavy atom. The van der Waals surface area contributed by atoms with E-state index in [2.05, 4.69) is 39.8 Å². The van der Waals surface area contributed by atoms with Gasteiger partial charge in [-0.3, -0.25) is 19.2 Å². The molecule has 7 aliphatic carbocycles. The molecular weight excluding hydrogens is 652 g/mol. The standard InChI is InChI=1S/C24H32O4.C21H28O3/c1-14-12-18-19(22(4)9-6-17(27)13-21(14)22)7-10-23(5)20(18)8-11-24(23,15(2)25)28-16(3)26;1-3-20(23)24-19-9-8-18-17-6-4-13-12-14(22)5-7-15(13)16(17)10-11-21(18,19)2/h12-13,18-20H,6-11H2,1-5H3;5,7,12,16-19,22H,3-4,6,8-11H2,1-2H3. The second-order valence-electron chi connectivity index (χ2n) is 18.3. The van der Waals surface area contributed by atoms with Crippen molar-refractivity contribution in [3.05, 3.63) is 52.6 Å². The fourth-order valence-corrected chi connectivity index (χ4v) is 13.4. The summed E-state index contributed by atoms with van der Waals surface area (Å²) in [6.45, 7) is 13.9. The summed E-state index contributed by atoms with van der Waals surface area (Å²) >= 11 is 0. The van der Waals surface area contributed by atoms with Crippen molar-refractivity contribution in [3.8, 4) is 5.75 Å². The van der Waals surface area contributed by atoms with Crippen molar-refractivity contribution >= 4 is 23.5 Å². The van der Waals surface area contributed by atoms with Gasteiger partial charge in [-0.05, 0) is 160 Å². The molecule has 0 amide bonds. The molecule has 7 aliphatic rings. The molecule has 1 aromatic rings. The number of aromatic hydroxyl groups is 1. The number of carbonyl (C=O) groups excluding carboxylic acids is 4. The van der Waals surface area contributed by atoms with Crippen LogP contribution in [0.3, 0.4) is 0 Å². The summed E-state index contributed by atoms with van der Waals surface area (Å²) in [6, 6.07) is 5.95. The maximum absolute atomic E-state index is 12.8. The molecule has 0 radical (unpaired) electrons. The molecule has 7 nitrogen and oxygen atoms in total. The van der Waals surface area contributed by atoms with Gasteiger partial charge in [0.25, 0.3) is 0 Å². The number of carbonyl (C=O) groups is 4. The first kappa shape index (κ1) is 37.1. The van der Waals surface area contributed by atoms with Gasteiger partial charge in [-0.15, -0.1) is 0 Å². The highest BCUT2D eigenvalue weighted by molar-refractivity contribution is 5.92. The lowest BCUT2D eigenvalue weighted by Gasteiger charge is -2.58. The minimum absolute atomic E-state index is 0.0160. The van der Waals surface area contributed by atoms with Gasteiger partial charge in [0.2, 0.25) is 0 Å². The molecule has 7 heteroatoms. The van der Waals surface area contributed by atoms with Crippen molar-refractivity contribution in [1.29, 1.82) is 0 Å². The van der Waals surface area contributed by atoms with Crippen LogP contribution in [0, 0.1) is 45.8 Å². The first-order valence-electron chi connectivity index (χ1n) is 20.2. The quantitative estimate of drug-likeness (QED) is 0.310. The van der Waals surface area contributed by atoms with Crippen molar-refractivity contribution < 1.29 is 33.8 Å². The number of allylic oxidation sites excluding steroid dienone is 4. The van der Waals surface area contributed by atoms with Gasteiger partial charge in [0, 0.05) is 30.6 Å². The van der Waals surface area contributed by atoms with Gasteiger partial charge in [0.15, 0.2) is 17.2 Å². The number of hydrogen-bond donors (Lipinski definition) is 1. The van der Waals surface area contributed by atoms with Crippen LogP contribution in [0.15, 0.2) is 41.5 Å². The summed E-state index contributed by atoms with van der Waals surface area (Å²) in [4.78, 5) is 48.6. The lowest BCUT2D eigenvalue weighted by Crippen LogP contribution is -2.58. The summed E-state index contributed by atoms with van der Waals surface area (Å²) in [7, 11) is 0. The van der Waals surface area contributed by atoms with E-state index < -0.39 is 5.60 Å². The lowest BCUT2D eigenvalue weighted by atomic mass is 9.47. The summed E-state index contributed by atoms with van der Waals surface area (Å²) in [5.74, 6) is 3.35. The third kappa shape index (κ3) is 5.65. The number of rotatable bonds is 4. The molecule has 1 aromatic carbocycles. The van der Waals surface area contributed by atoms with Crippen molar-refractivity contribution in [2.45, 2.75) is 150 Å². The minimum atomic E-state index is -0.990. The lowest BCUT2D eigenvalue weighted by molar-refractivity contribution is -0.185. The Balaban J connectivity index is 0.000000164. The minimum Gasteiger partial charge on any atom is -0.508 e. The van der Waals surface area contributed by atoms with E-state index in [4.69, 9.17) is 9.47 Å². The number of aryl methyl sites for hydroxylation is 1. The zero-order valence-corrected chi connectivity index (χ0v) is 32.5. The summed E-state index contributed by atoms with van der Waals surface area (Å²) in [5, 5.41) is 9.77. The van der Waals surface area contributed by atoms with Crippen LogP contribution in [0.5, 0.6) is 5.75 Å². The van der Waals surface area contributed by atoms with Crippen LogP contribution < -0.4 is 0 Å². The molecule has 1 N–H and O–H groups in total. The highest BCUT2D eigenvalue weighted by atomic mass is 16.6. The molecule has 8 rings (SSSR count). The molecule has 11 atom stereocenters. The largest absolute Gasteiger partial charge is 0.508 e. The summed E-state index contributed by atoms with van der Waals surface area (Å²) in [5.41, 5.74) is 4.10. The number of phenols is 1. The van der Waals surface area contributed by atoms with E-state index in [-0.39, 0.29) is 45.9 Å². The topological polar surface area (TPSA) is 107 Å². The third-order valence-corrected chi connectivity index (χ3v) is 16.0. The van der Waals surface area contributed by atoms with E-state index in [9.17, 15) is 24.3 Å². The molecule has 4 saturated carbocycles. The van der Waals surface area contributed by atoms with Crippen molar-refractivity contribution in [1.82, 2.24) is 0 Å². The van der Waals surface area contributed by atoms with Crippen LogP contribution in [0.2, 0.25) is 0 Å². The molecule has 4 fully saturated rings. The average molecular weight is 713 g/mol. The van der Waals surface area contributed by atoms with E-state index in [1.165, 1.54) is 48.5 Å². The maximum Gasteiger partial charge on any atom is 0.305 e. The second-order valence-corrected chi connectivity index (χ2v) is 18.3. The second kappa shape index (κ2) is 13.3. The fraction of sp³-hybridized carbons (Fsp3) is 0.689. The van der Waals surface area contributed by atoms with E-state index in [0.717, 1.165) is 44.9 Å². The number of phenolic OH excluding ortho intramolecular Hbond substituents is 1. The van der Waals surface area contributed by atoms with Gasteiger partial charge in [-0.1, -0.05) is 45.4 Å². The van der Waals surface area contributed by atoms with Crippen LogP contribution in [-0.2, 0) is 35.1 Å². The molecule has 11 unspecified atom stereocenters. The first-order valence-corrected chi connectivity index (χ1v) is 20.2. The molecule has 0 saturated heterocycles. The monoisotopic (exact) mass is 712 g/mol. The number of benzene rings is 1. The van der Waals surface area contributed by atoms with Gasteiger partial charge >= 0.3 is 11.9 Å². The molecule has 0 aromatic heterocycles. The third-order valence-electron chi connectivity index (χ3n) is 16.0. The summed E-state index contributed by atoms with van der Waals surface area (Å²) < 4.78 is 11.6. The molecule has 52 heavy (non-hydrogen) atoms. The van der Waals surface area contributed by atoms with Gasteiger partial charge in [-0.25, -0.2) is 0 Å². The van der Waals surface area contributed by atoms with Crippen LogP contribution in [0.4, 0.5) is 0 Å². The Hall–Kier alpha value is -3.22. The Morgan fingerprint density at radius 1 is 0.885 bits per heavy atom. The van der Waals surface area contributed by atoms with E-state index in [0.29, 0.717) is 60.5 Å². The van der Waals surface area contributed by atoms with Gasteiger partial charge in [0.05, 0.1) is 0 Å². The zero-order valence-electron chi connectivity index (χ0n) is 32.5. The molecule has 0 aliphatic heterocycles. The molecule has 0 spiro atoms. The SMILES string of the molecule is CC(=O)OC1(C(C)=O)CCC2C3C=C(C)C4=CC(=O)CCC4(C)C3CCC21C.CCC(=O)OC1CCC2C3CCc4cc(O)ccc4C3CCC12C. The predicted molar refractivity (Wildman–Crippen MR) is 199 cm³/mol. The van der Waals surface area contributed by atoms with Crippen LogP contribution >= 0.6 is 0 Å². The van der Waals surface area contributed by atoms with Crippen molar-refractivity contribution in [2.24, 2.45) is 45.8 Å². The Labute approximate surface area is 310 Å². The molecule has 0 heterocycles. The molecule has 0 bridgehead atoms. The van der Waals surface area contributed by atoms with Crippen molar-refractivity contribution in [2.75, 3.05) is 0 Å². The molecule has 282 valence electrons. The predicted octanol–water partition coefficient (Wildman–Crippen LogP) is 9.15. The maximum atomic E-state index is 12.8. The van der Waals surface area contributed by atoms with Gasteiger partial charge in [-0.2, -0.15) is 0 Å². The van der Waals surface area contributed by atoms with Gasteiger partial charge < -0.3 is 14.6 Å². The van der Waals surface area contributed by atoms with Crippen molar-refractivity contribution in [3.63, 3.8) is 0 Å². The van der Waals surface area contributed by atoms with Crippen LogP contribution in [0.1, 0.15) is 143 Å².